The predicted octanol–water partition coefficient (Wildman–Crippen LogP) is 4.19. The normalized spacial score (nSPS) is 10.6. The fourth-order valence-corrected chi connectivity index (χ4v) is 2.18. The van der Waals surface area contributed by atoms with E-state index < -0.39 is 0 Å². The van der Waals surface area contributed by atoms with Crippen molar-refractivity contribution < 1.29 is 9.53 Å². The molecule has 0 saturated heterocycles. The number of nitrogens with two attached hydrogens (primary N) is 1. The van der Waals surface area contributed by atoms with Crippen LogP contribution in [0.2, 0.25) is 0 Å². The molecule has 0 bridgehead atoms. The number of carbonyl (C=O) groups is 1. The minimum Gasteiger partial charge on any atom is -0.464 e. The number of esters is 1. The fraction of sp³-hybridized carbons (Fsp3) is 0.938. The molecule has 0 aromatic rings. The maximum atomic E-state index is 11.2. The summed E-state index contributed by atoms with van der Waals surface area (Å²) < 4.78 is 4.92. The summed E-state index contributed by atoms with van der Waals surface area (Å²) in [5.74, 6) is -0.0959. The maximum Gasteiger partial charge on any atom is 0.305 e. The van der Waals surface area contributed by atoms with Crippen molar-refractivity contribution in [2.45, 2.75) is 84.0 Å². The highest BCUT2D eigenvalue weighted by Gasteiger charge is 2.01. The molecular formula is C16H33NO2. The third-order valence-electron chi connectivity index (χ3n) is 3.37. The Labute approximate surface area is 119 Å². The Morgan fingerprint density at radius 1 is 0.842 bits per heavy atom. The van der Waals surface area contributed by atoms with E-state index in [0.29, 0.717) is 19.6 Å². The van der Waals surface area contributed by atoms with E-state index in [9.17, 15) is 4.79 Å². The monoisotopic (exact) mass is 271 g/mol. The van der Waals surface area contributed by atoms with Gasteiger partial charge < -0.3 is 10.5 Å². The van der Waals surface area contributed by atoms with Gasteiger partial charge in [-0.15, -0.1) is 0 Å². The molecule has 0 spiro atoms. The van der Waals surface area contributed by atoms with Gasteiger partial charge in [0.1, 0.15) is 6.61 Å². The Kier molecular flexibility index (Phi) is 15.0. The number of carbonyl (C=O) groups excluding carboxylic acids is 1. The van der Waals surface area contributed by atoms with Crippen molar-refractivity contribution in [1.29, 1.82) is 0 Å². The Bertz CT molecular complexity index is 195. The quantitative estimate of drug-likeness (QED) is 0.381. The van der Waals surface area contributed by atoms with Gasteiger partial charge in [0.05, 0.1) is 0 Å². The van der Waals surface area contributed by atoms with Crippen LogP contribution in [0.25, 0.3) is 0 Å². The van der Waals surface area contributed by atoms with Crippen molar-refractivity contribution in [3.05, 3.63) is 0 Å². The summed E-state index contributed by atoms with van der Waals surface area (Å²) in [5, 5.41) is 0. The van der Waals surface area contributed by atoms with Crippen LogP contribution in [0.3, 0.4) is 0 Å². The van der Waals surface area contributed by atoms with Crippen LogP contribution in [0.5, 0.6) is 0 Å². The summed E-state index contributed by atoms with van der Waals surface area (Å²) in [7, 11) is 0. The lowest BCUT2D eigenvalue weighted by Gasteiger charge is -2.03. The third-order valence-corrected chi connectivity index (χ3v) is 3.37. The molecule has 0 aromatic carbocycles. The van der Waals surface area contributed by atoms with Crippen molar-refractivity contribution >= 4 is 5.97 Å². The highest BCUT2D eigenvalue weighted by Crippen LogP contribution is 2.11. The molecular weight excluding hydrogens is 238 g/mol. The van der Waals surface area contributed by atoms with Gasteiger partial charge in [-0.2, -0.15) is 0 Å². The fourth-order valence-electron chi connectivity index (χ4n) is 2.18. The van der Waals surface area contributed by atoms with E-state index in [0.717, 1.165) is 12.8 Å². The molecule has 19 heavy (non-hydrogen) atoms. The molecule has 0 fully saturated rings. The predicted molar refractivity (Wildman–Crippen MR) is 81.1 cm³/mol. The van der Waals surface area contributed by atoms with E-state index in [1.807, 2.05) is 0 Å². The number of rotatable bonds is 14. The van der Waals surface area contributed by atoms with E-state index >= 15 is 0 Å². The van der Waals surface area contributed by atoms with Crippen LogP contribution in [0, 0.1) is 0 Å². The smallest absolute Gasteiger partial charge is 0.305 e. The summed E-state index contributed by atoms with van der Waals surface area (Å²) >= 11 is 0. The van der Waals surface area contributed by atoms with E-state index in [-0.39, 0.29) is 5.97 Å². The van der Waals surface area contributed by atoms with E-state index in [1.54, 1.807) is 0 Å². The summed E-state index contributed by atoms with van der Waals surface area (Å²) in [6.45, 7) is 3.03. The van der Waals surface area contributed by atoms with Crippen molar-refractivity contribution in [2.24, 2.45) is 5.73 Å². The minimum atomic E-state index is -0.0959. The number of unbranched alkanes of at least 4 members (excludes halogenated alkanes) is 10. The van der Waals surface area contributed by atoms with Crippen LogP contribution in [0.4, 0.5) is 0 Å². The highest BCUT2D eigenvalue weighted by molar-refractivity contribution is 5.69. The van der Waals surface area contributed by atoms with Crippen molar-refractivity contribution in [3.8, 4) is 0 Å². The summed E-state index contributed by atoms with van der Waals surface area (Å²) in [4.78, 5) is 11.2. The molecule has 0 heterocycles. The molecule has 0 amide bonds. The van der Waals surface area contributed by atoms with Gasteiger partial charge in [0.25, 0.3) is 0 Å². The lowest BCUT2D eigenvalue weighted by molar-refractivity contribution is -0.143. The Balaban J connectivity index is 3.04. The van der Waals surface area contributed by atoms with Gasteiger partial charge in [0.2, 0.25) is 0 Å². The molecule has 0 rings (SSSR count). The second kappa shape index (κ2) is 15.5. The first kappa shape index (κ1) is 18.4. The van der Waals surface area contributed by atoms with Gasteiger partial charge in [-0.25, -0.2) is 0 Å². The molecule has 0 unspecified atom stereocenters. The molecule has 0 atom stereocenters. The molecule has 0 aliphatic heterocycles. The van der Waals surface area contributed by atoms with Crippen molar-refractivity contribution in [1.82, 2.24) is 0 Å². The molecule has 2 N–H and O–H groups in total. The molecule has 114 valence electrons. The Hall–Kier alpha value is -0.570. The highest BCUT2D eigenvalue weighted by atomic mass is 16.5. The SMILES string of the molecule is CCCCCCCCCCCCCC(=O)OCCN. The topological polar surface area (TPSA) is 52.3 Å². The van der Waals surface area contributed by atoms with Gasteiger partial charge in [0.15, 0.2) is 0 Å². The molecule has 3 heteroatoms. The summed E-state index contributed by atoms with van der Waals surface area (Å²) in [6, 6.07) is 0. The third kappa shape index (κ3) is 15.4. The zero-order chi connectivity index (χ0) is 14.2. The van der Waals surface area contributed by atoms with Crippen LogP contribution in [0.1, 0.15) is 84.0 Å². The number of hydrogen-bond acceptors (Lipinski definition) is 3. The zero-order valence-electron chi connectivity index (χ0n) is 12.8. The van der Waals surface area contributed by atoms with Crippen molar-refractivity contribution in [2.75, 3.05) is 13.2 Å². The average molecular weight is 271 g/mol. The zero-order valence-corrected chi connectivity index (χ0v) is 12.8. The first-order valence-electron chi connectivity index (χ1n) is 8.17. The molecule has 0 aliphatic rings. The second-order valence-electron chi connectivity index (χ2n) is 5.29. The van der Waals surface area contributed by atoms with E-state index in [1.165, 1.54) is 57.8 Å². The lowest BCUT2D eigenvalue weighted by atomic mass is 10.1. The van der Waals surface area contributed by atoms with Crippen LogP contribution >= 0.6 is 0 Å². The van der Waals surface area contributed by atoms with Crippen LogP contribution in [-0.2, 0) is 9.53 Å². The molecule has 0 saturated carbocycles. The molecule has 3 nitrogen and oxygen atoms in total. The first-order chi connectivity index (χ1) is 9.31. The Morgan fingerprint density at radius 3 is 1.79 bits per heavy atom. The molecule has 0 radical (unpaired) electrons. The van der Waals surface area contributed by atoms with Gasteiger partial charge in [-0.3, -0.25) is 4.79 Å². The first-order valence-corrected chi connectivity index (χ1v) is 8.17. The average Bonchev–Trinajstić information content (AvgIpc) is 2.42. The molecule has 0 aliphatic carbocycles. The van der Waals surface area contributed by atoms with Crippen LogP contribution in [-0.4, -0.2) is 19.1 Å². The largest absolute Gasteiger partial charge is 0.464 e. The van der Waals surface area contributed by atoms with E-state index in [4.69, 9.17) is 10.5 Å². The summed E-state index contributed by atoms with van der Waals surface area (Å²) in [6.07, 6.45) is 14.9. The number of hydrogen-bond donors (Lipinski definition) is 1. The Morgan fingerprint density at radius 2 is 1.32 bits per heavy atom. The van der Waals surface area contributed by atoms with Crippen LogP contribution in [0.15, 0.2) is 0 Å². The maximum absolute atomic E-state index is 11.2. The molecule has 0 aromatic heterocycles. The van der Waals surface area contributed by atoms with Gasteiger partial charge in [-0.1, -0.05) is 71.1 Å². The van der Waals surface area contributed by atoms with Gasteiger partial charge in [0, 0.05) is 13.0 Å². The minimum absolute atomic E-state index is 0.0959. The van der Waals surface area contributed by atoms with Gasteiger partial charge in [-0.05, 0) is 6.42 Å². The van der Waals surface area contributed by atoms with Gasteiger partial charge >= 0.3 is 5.97 Å². The standard InChI is InChI=1S/C16H33NO2/c1-2-3-4-5-6-7-8-9-10-11-12-13-16(18)19-15-14-17/h2-15,17H2,1H3. The summed E-state index contributed by atoms with van der Waals surface area (Å²) in [5.41, 5.74) is 5.26. The van der Waals surface area contributed by atoms with E-state index in [2.05, 4.69) is 6.92 Å². The second-order valence-corrected chi connectivity index (χ2v) is 5.29. The lowest BCUT2D eigenvalue weighted by Crippen LogP contribution is -2.13. The van der Waals surface area contributed by atoms with Crippen LogP contribution < -0.4 is 5.73 Å². The number of ether oxygens (including phenoxy) is 1. The van der Waals surface area contributed by atoms with Crippen molar-refractivity contribution in [3.63, 3.8) is 0 Å².